The monoisotopic (exact) mass is 330 g/mol. The average Bonchev–Trinajstić information content (AvgIpc) is 2.33. The van der Waals surface area contributed by atoms with Crippen LogP contribution in [0.2, 0.25) is 0 Å². The second kappa shape index (κ2) is 6.69. The number of carbonyl (C=O) groups is 1. The van der Waals surface area contributed by atoms with Crippen molar-refractivity contribution in [2.45, 2.75) is 71.7 Å². The van der Waals surface area contributed by atoms with Gasteiger partial charge in [0.25, 0.3) is 0 Å². The Kier molecular flexibility index (Phi) is 5.82. The molecule has 1 saturated heterocycles. The van der Waals surface area contributed by atoms with Gasteiger partial charge in [-0.1, -0.05) is 6.92 Å². The largest absolute Gasteiger partial charge is 0.444 e. The molecule has 0 N–H and O–H groups in total. The zero-order valence-corrected chi connectivity index (χ0v) is 15.7. The van der Waals surface area contributed by atoms with Crippen molar-refractivity contribution >= 4 is 23.3 Å². The molecule has 0 aromatic heterocycles. The molecule has 6 heteroatoms. The minimum absolute atomic E-state index is 0.112. The molecular weight excluding hydrogens is 300 g/mol. The van der Waals surface area contributed by atoms with Gasteiger partial charge >= 0.3 is 6.09 Å². The summed E-state index contributed by atoms with van der Waals surface area (Å²) in [5, 5.41) is 0. The fourth-order valence-electron chi connectivity index (χ4n) is 1.99. The lowest BCUT2D eigenvalue weighted by molar-refractivity contribution is 0.0168. The summed E-state index contributed by atoms with van der Waals surface area (Å²) >= 11 is 0. The van der Waals surface area contributed by atoms with Crippen molar-refractivity contribution in [3.05, 3.63) is 0 Å². The number of amides is 1. The predicted octanol–water partition coefficient (Wildman–Crippen LogP) is 3.56. The number of rotatable bonds is 2. The van der Waals surface area contributed by atoms with E-state index in [4.69, 9.17) is 4.74 Å². The van der Waals surface area contributed by atoms with Gasteiger partial charge in [0.2, 0.25) is 0 Å². The first-order chi connectivity index (χ1) is 9.82. The Morgan fingerprint density at radius 3 is 2.09 bits per heavy atom. The zero-order chi connectivity index (χ0) is 17.2. The normalized spacial score (nSPS) is 21.0. The van der Waals surface area contributed by atoms with E-state index in [0.717, 1.165) is 12.8 Å². The molecule has 0 aromatic rings. The van der Waals surface area contributed by atoms with Gasteiger partial charge in [-0.15, -0.1) is 0 Å². The third kappa shape index (κ3) is 6.07. The van der Waals surface area contributed by atoms with Crippen LogP contribution in [0.5, 0.6) is 0 Å². The molecule has 1 atom stereocenters. The van der Waals surface area contributed by atoms with Crippen molar-refractivity contribution in [2.75, 3.05) is 13.1 Å². The lowest BCUT2D eigenvalue weighted by Gasteiger charge is -2.37. The molecule has 0 spiro atoms. The van der Waals surface area contributed by atoms with Gasteiger partial charge in [-0.2, -0.15) is 4.40 Å². The van der Waals surface area contributed by atoms with Gasteiger partial charge in [0, 0.05) is 24.7 Å². The molecule has 1 heterocycles. The average molecular weight is 330 g/mol. The quantitative estimate of drug-likeness (QED) is 0.727. The number of hydrogen-bond donors (Lipinski definition) is 0. The van der Waals surface area contributed by atoms with E-state index in [1.807, 2.05) is 47.8 Å². The van der Waals surface area contributed by atoms with E-state index >= 15 is 0 Å². The van der Waals surface area contributed by atoms with Crippen molar-refractivity contribution in [1.29, 1.82) is 0 Å². The third-order valence-corrected chi connectivity index (χ3v) is 4.89. The van der Waals surface area contributed by atoms with E-state index in [0.29, 0.717) is 13.1 Å². The Labute approximate surface area is 137 Å². The van der Waals surface area contributed by atoms with Gasteiger partial charge < -0.3 is 9.64 Å². The first-order valence-corrected chi connectivity index (χ1v) is 8.88. The number of likely N-dealkylation sites (tertiary alicyclic amines) is 1. The molecule has 5 nitrogen and oxygen atoms in total. The van der Waals surface area contributed by atoms with E-state index < -0.39 is 16.6 Å². The summed E-state index contributed by atoms with van der Waals surface area (Å²) < 4.78 is 21.3. The molecule has 1 rings (SSSR count). The molecule has 22 heavy (non-hydrogen) atoms. The van der Waals surface area contributed by atoms with Gasteiger partial charge in [-0.3, -0.25) is 0 Å². The molecule has 1 aliphatic rings. The van der Waals surface area contributed by atoms with Crippen LogP contribution in [0.1, 0.15) is 61.3 Å². The van der Waals surface area contributed by atoms with Crippen molar-refractivity contribution < 1.29 is 13.7 Å². The summed E-state index contributed by atoms with van der Waals surface area (Å²) in [7, 11) is -1.23. The molecule has 0 radical (unpaired) electrons. The first-order valence-electron chi connectivity index (χ1n) is 7.78. The number of hydrogen-bond acceptors (Lipinski definition) is 3. The minimum Gasteiger partial charge on any atom is -0.444 e. The van der Waals surface area contributed by atoms with Crippen LogP contribution in [0.25, 0.3) is 0 Å². The van der Waals surface area contributed by atoms with Crippen LogP contribution in [0, 0.1) is 5.41 Å². The van der Waals surface area contributed by atoms with Crippen molar-refractivity contribution in [3.63, 3.8) is 0 Å². The van der Waals surface area contributed by atoms with Crippen LogP contribution in [-0.2, 0) is 15.7 Å². The molecule has 1 fully saturated rings. The predicted molar refractivity (Wildman–Crippen MR) is 91.5 cm³/mol. The molecule has 0 bridgehead atoms. The van der Waals surface area contributed by atoms with E-state index in [1.165, 1.54) is 0 Å². The van der Waals surface area contributed by atoms with Crippen LogP contribution in [-0.4, -0.2) is 44.9 Å². The van der Waals surface area contributed by atoms with Crippen molar-refractivity contribution in [2.24, 2.45) is 9.81 Å². The number of nitrogens with zero attached hydrogens (tertiary/aromatic N) is 2. The molecule has 128 valence electrons. The lowest BCUT2D eigenvalue weighted by atomic mass is 9.82. The molecule has 0 saturated carbocycles. The Bertz CT molecular complexity index is 453. The molecule has 0 aromatic carbocycles. The maximum atomic E-state index is 12.0. The summed E-state index contributed by atoms with van der Waals surface area (Å²) in [6, 6.07) is 0. The second-order valence-electron chi connectivity index (χ2n) is 8.22. The lowest BCUT2D eigenvalue weighted by Crippen LogP contribution is -2.45. The Morgan fingerprint density at radius 1 is 1.18 bits per heavy atom. The van der Waals surface area contributed by atoms with Gasteiger partial charge in [-0.25, -0.2) is 9.00 Å². The number of piperidine rings is 1. The highest BCUT2D eigenvalue weighted by atomic mass is 32.2. The van der Waals surface area contributed by atoms with Crippen molar-refractivity contribution in [1.82, 2.24) is 4.90 Å². The van der Waals surface area contributed by atoms with Crippen molar-refractivity contribution in [3.8, 4) is 0 Å². The maximum absolute atomic E-state index is 12.0. The summed E-state index contributed by atoms with van der Waals surface area (Å²) in [5.74, 6) is 0. The van der Waals surface area contributed by atoms with E-state index in [9.17, 15) is 9.00 Å². The van der Waals surface area contributed by atoms with Crippen LogP contribution < -0.4 is 0 Å². The van der Waals surface area contributed by atoms with Crippen LogP contribution in [0.4, 0.5) is 4.79 Å². The fraction of sp³-hybridized carbons (Fsp3) is 0.875. The molecule has 1 amide bonds. The molecule has 0 aliphatic carbocycles. The minimum atomic E-state index is -1.23. The van der Waals surface area contributed by atoms with Gasteiger partial charge in [0.1, 0.15) is 16.6 Å². The Balaban J connectivity index is 2.58. The van der Waals surface area contributed by atoms with E-state index in [2.05, 4.69) is 11.3 Å². The maximum Gasteiger partial charge on any atom is 0.410 e. The highest BCUT2D eigenvalue weighted by Gasteiger charge is 2.33. The van der Waals surface area contributed by atoms with E-state index in [1.54, 1.807) is 4.90 Å². The highest BCUT2D eigenvalue weighted by molar-refractivity contribution is 7.85. The summed E-state index contributed by atoms with van der Waals surface area (Å²) in [5.41, 5.74) is -0.581. The standard InChI is InChI=1S/C16H30N2O3S/c1-14(2,3)21-13(19)18-10-8-16(7,9-11-18)12-17-22(20)15(4,5)6/h12H,8-11H2,1-7H3. The van der Waals surface area contributed by atoms with Crippen LogP contribution >= 0.6 is 0 Å². The second-order valence-corrected chi connectivity index (χ2v) is 10.2. The summed E-state index contributed by atoms with van der Waals surface area (Å²) in [4.78, 5) is 13.8. The number of carbonyl (C=O) groups excluding carboxylic acids is 1. The van der Waals surface area contributed by atoms with Crippen LogP contribution in [0.3, 0.4) is 0 Å². The molecule has 1 aliphatic heterocycles. The first kappa shape index (κ1) is 19.1. The Hall–Kier alpha value is -0.910. The summed E-state index contributed by atoms with van der Waals surface area (Å²) in [6.45, 7) is 14.7. The SMILES string of the molecule is CC1(C=NS(=O)C(C)(C)C)CCN(C(=O)OC(C)(C)C)CC1. The molecular formula is C16H30N2O3S. The third-order valence-electron chi connectivity index (χ3n) is 3.54. The van der Waals surface area contributed by atoms with Gasteiger partial charge in [0.15, 0.2) is 0 Å². The highest BCUT2D eigenvalue weighted by Crippen LogP contribution is 2.30. The van der Waals surface area contributed by atoms with E-state index in [-0.39, 0.29) is 16.3 Å². The smallest absolute Gasteiger partial charge is 0.410 e. The topological polar surface area (TPSA) is 59.0 Å². The van der Waals surface area contributed by atoms with Gasteiger partial charge in [0.05, 0.1) is 4.75 Å². The fourth-order valence-corrected chi connectivity index (χ4v) is 2.66. The summed E-state index contributed by atoms with van der Waals surface area (Å²) in [6.07, 6.45) is 3.17. The van der Waals surface area contributed by atoms with Crippen LogP contribution in [0.15, 0.2) is 4.40 Å². The Morgan fingerprint density at radius 2 is 1.68 bits per heavy atom. The number of ether oxygens (including phenoxy) is 1. The van der Waals surface area contributed by atoms with Gasteiger partial charge in [-0.05, 0) is 54.4 Å². The molecule has 1 unspecified atom stereocenters. The zero-order valence-electron chi connectivity index (χ0n) is 14.9.